The van der Waals surface area contributed by atoms with Gasteiger partial charge in [-0.3, -0.25) is 4.79 Å². The van der Waals surface area contributed by atoms with Gasteiger partial charge in [0.1, 0.15) is 5.82 Å². The van der Waals surface area contributed by atoms with Crippen LogP contribution in [0.25, 0.3) is 11.5 Å². The summed E-state index contributed by atoms with van der Waals surface area (Å²) in [6.07, 6.45) is 0. The Labute approximate surface area is 159 Å². The maximum absolute atomic E-state index is 13.7. The van der Waals surface area contributed by atoms with Crippen LogP contribution < -0.4 is 5.32 Å². The van der Waals surface area contributed by atoms with E-state index in [1.165, 1.54) is 6.07 Å². The number of aryl methyl sites for hydroxylation is 2. The van der Waals surface area contributed by atoms with Crippen LogP contribution in [0, 0.1) is 19.7 Å². The fourth-order valence-electron chi connectivity index (χ4n) is 2.39. The van der Waals surface area contributed by atoms with Crippen LogP contribution in [0.4, 0.5) is 10.1 Å². The Morgan fingerprint density at radius 1 is 1.27 bits per heavy atom. The highest BCUT2D eigenvalue weighted by atomic mass is 35.5. The highest BCUT2D eigenvalue weighted by Gasteiger charge is 2.15. The highest BCUT2D eigenvalue weighted by molar-refractivity contribution is 7.99. The zero-order chi connectivity index (χ0) is 18.7. The number of aromatic nitrogens is 2. The summed E-state index contributed by atoms with van der Waals surface area (Å²) in [7, 11) is 0. The zero-order valence-electron chi connectivity index (χ0n) is 14.0. The number of carbonyl (C=O) groups is 1. The topological polar surface area (TPSA) is 68.0 Å². The van der Waals surface area contributed by atoms with E-state index in [0.29, 0.717) is 10.7 Å². The minimum atomic E-state index is -0.449. The van der Waals surface area contributed by atoms with Crippen LogP contribution >= 0.6 is 23.4 Å². The maximum atomic E-state index is 13.7. The van der Waals surface area contributed by atoms with Crippen LogP contribution in [0.1, 0.15) is 11.1 Å². The van der Waals surface area contributed by atoms with Gasteiger partial charge in [0.05, 0.1) is 22.0 Å². The van der Waals surface area contributed by atoms with Gasteiger partial charge in [0, 0.05) is 0 Å². The Morgan fingerprint density at radius 3 is 2.77 bits per heavy atom. The van der Waals surface area contributed by atoms with Crippen LogP contribution in [0.5, 0.6) is 0 Å². The van der Waals surface area contributed by atoms with E-state index < -0.39 is 5.82 Å². The van der Waals surface area contributed by atoms with E-state index in [-0.39, 0.29) is 28.3 Å². The van der Waals surface area contributed by atoms with Crippen molar-refractivity contribution < 1.29 is 13.6 Å². The lowest BCUT2D eigenvalue weighted by molar-refractivity contribution is -0.113. The van der Waals surface area contributed by atoms with Gasteiger partial charge in [0.2, 0.25) is 5.91 Å². The van der Waals surface area contributed by atoms with Crippen molar-refractivity contribution in [3.8, 4) is 11.5 Å². The number of hydrogen-bond donors (Lipinski definition) is 1. The third-order valence-corrected chi connectivity index (χ3v) is 4.65. The summed E-state index contributed by atoms with van der Waals surface area (Å²) in [5.41, 5.74) is 2.71. The molecule has 0 aliphatic rings. The summed E-state index contributed by atoms with van der Waals surface area (Å²) < 4.78 is 19.1. The van der Waals surface area contributed by atoms with Gasteiger partial charge >= 0.3 is 0 Å². The molecule has 1 aromatic heterocycles. The summed E-state index contributed by atoms with van der Waals surface area (Å²) in [5, 5.41) is 11.1. The standard InChI is InChI=1S/C18H15ClFN3O2S/c1-10-7-11(2)16(13(19)8-10)21-15(24)9-26-18-23-22-17(25-18)12-5-3-4-6-14(12)20/h3-8H,9H2,1-2H3,(H,21,24). The summed E-state index contributed by atoms with van der Waals surface area (Å²) in [6.45, 7) is 3.81. The molecular weight excluding hydrogens is 377 g/mol. The van der Waals surface area contributed by atoms with Gasteiger partial charge in [-0.15, -0.1) is 10.2 Å². The van der Waals surface area contributed by atoms with Crippen molar-refractivity contribution in [3.05, 3.63) is 58.4 Å². The van der Waals surface area contributed by atoms with E-state index in [1.54, 1.807) is 24.3 Å². The fraction of sp³-hybridized carbons (Fsp3) is 0.167. The number of benzene rings is 2. The molecule has 0 bridgehead atoms. The smallest absolute Gasteiger partial charge is 0.277 e. The van der Waals surface area contributed by atoms with E-state index >= 15 is 0 Å². The van der Waals surface area contributed by atoms with E-state index in [2.05, 4.69) is 15.5 Å². The van der Waals surface area contributed by atoms with Crippen molar-refractivity contribution in [3.63, 3.8) is 0 Å². The Kier molecular flexibility index (Phi) is 5.58. The van der Waals surface area contributed by atoms with Crippen LogP contribution in [-0.4, -0.2) is 21.9 Å². The monoisotopic (exact) mass is 391 g/mol. The predicted octanol–water partition coefficient (Wildman–Crippen LogP) is 4.88. The second-order valence-corrected chi connectivity index (χ2v) is 6.96. The first-order chi connectivity index (χ1) is 12.4. The average Bonchev–Trinajstić information content (AvgIpc) is 3.05. The van der Waals surface area contributed by atoms with Crippen molar-refractivity contribution >= 4 is 35.0 Å². The zero-order valence-corrected chi connectivity index (χ0v) is 15.6. The number of thioether (sulfide) groups is 1. The predicted molar refractivity (Wildman–Crippen MR) is 100.0 cm³/mol. The molecule has 134 valence electrons. The molecule has 8 heteroatoms. The molecule has 0 radical (unpaired) electrons. The Bertz CT molecular complexity index is 938. The fourth-order valence-corrected chi connectivity index (χ4v) is 3.32. The van der Waals surface area contributed by atoms with E-state index in [9.17, 15) is 9.18 Å². The van der Waals surface area contributed by atoms with Gasteiger partial charge in [-0.05, 0) is 43.2 Å². The lowest BCUT2D eigenvalue weighted by Crippen LogP contribution is -2.15. The van der Waals surface area contributed by atoms with E-state index in [4.69, 9.17) is 16.0 Å². The summed E-state index contributed by atoms with van der Waals surface area (Å²) in [4.78, 5) is 12.2. The molecule has 0 fully saturated rings. The second-order valence-electron chi connectivity index (χ2n) is 5.63. The molecule has 2 aromatic carbocycles. The lowest BCUT2D eigenvalue weighted by Gasteiger charge is -2.11. The summed E-state index contributed by atoms with van der Waals surface area (Å²) >= 11 is 7.25. The molecule has 5 nitrogen and oxygen atoms in total. The van der Waals surface area contributed by atoms with Gasteiger partial charge in [-0.25, -0.2) is 4.39 Å². The quantitative estimate of drug-likeness (QED) is 0.628. The molecule has 3 aromatic rings. The Hall–Kier alpha value is -2.38. The third kappa shape index (κ3) is 4.23. The van der Waals surface area contributed by atoms with Crippen LogP contribution in [0.15, 0.2) is 46.0 Å². The molecule has 0 aliphatic heterocycles. The number of anilines is 1. The number of rotatable bonds is 5. The molecule has 1 N–H and O–H groups in total. The highest BCUT2D eigenvalue weighted by Crippen LogP contribution is 2.28. The normalized spacial score (nSPS) is 10.8. The number of carbonyl (C=O) groups excluding carboxylic acids is 1. The van der Waals surface area contributed by atoms with E-state index in [1.807, 2.05) is 19.9 Å². The minimum Gasteiger partial charge on any atom is -0.411 e. The van der Waals surface area contributed by atoms with Crippen molar-refractivity contribution in [2.45, 2.75) is 19.1 Å². The number of nitrogens with one attached hydrogen (secondary N) is 1. The van der Waals surface area contributed by atoms with Crippen LogP contribution in [-0.2, 0) is 4.79 Å². The molecule has 0 saturated carbocycles. The SMILES string of the molecule is Cc1cc(C)c(NC(=O)CSc2nnc(-c3ccccc3F)o2)c(Cl)c1. The molecule has 1 heterocycles. The van der Waals surface area contributed by atoms with Crippen molar-refractivity contribution in [1.82, 2.24) is 10.2 Å². The Balaban J connectivity index is 1.63. The maximum Gasteiger partial charge on any atom is 0.277 e. The van der Waals surface area contributed by atoms with Gasteiger partial charge in [-0.1, -0.05) is 41.6 Å². The number of halogens is 2. The molecule has 0 unspecified atom stereocenters. The second kappa shape index (κ2) is 7.88. The van der Waals surface area contributed by atoms with Crippen molar-refractivity contribution in [2.24, 2.45) is 0 Å². The van der Waals surface area contributed by atoms with Gasteiger partial charge < -0.3 is 9.73 Å². The van der Waals surface area contributed by atoms with Crippen molar-refractivity contribution in [2.75, 3.05) is 11.1 Å². The number of amides is 1. The van der Waals surface area contributed by atoms with Gasteiger partial charge in [0.25, 0.3) is 11.1 Å². The van der Waals surface area contributed by atoms with Crippen molar-refractivity contribution in [1.29, 1.82) is 0 Å². The van der Waals surface area contributed by atoms with Gasteiger partial charge in [-0.2, -0.15) is 0 Å². The molecule has 0 aliphatic carbocycles. The molecular formula is C18H15ClFN3O2S. The molecule has 0 saturated heterocycles. The lowest BCUT2D eigenvalue weighted by atomic mass is 10.1. The Morgan fingerprint density at radius 2 is 2.04 bits per heavy atom. The van der Waals surface area contributed by atoms with E-state index in [0.717, 1.165) is 22.9 Å². The average molecular weight is 392 g/mol. The largest absolute Gasteiger partial charge is 0.411 e. The molecule has 3 rings (SSSR count). The first-order valence-corrected chi connectivity index (χ1v) is 9.08. The van der Waals surface area contributed by atoms with Crippen LogP contribution in [0.2, 0.25) is 5.02 Å². The third-order valence-electron chi connectivity index (χ3n) is 3.53. The molecule has 1 amide bonds. The minimum absolute atomic E-state index is 0.0581. The molecule has 26 heavy (non-hydrogen) atoms. The summed E-state index contributed by atoms with van der Waals surface area (Å²) in [5.74, 6) is -0.574. The molecule has 0 atom stereocenters. The molecule has 0 spiro atoms. The number of hydrogen-bond acceptors (Lipinski definition) is 5. The first-order valence-electron chi connectivity index (χ1n) is 7.72. The number of nitrogens with zero attached hydrogens (tertiary/aromatic N) is 2. The summed E-state index contributed by atoms with van der Waals surface area (Å²) in [6, 6.07) is 9.84. The van der Waals surface area contributed by atoms with Crippen LogP contribution in [0.3, 0.4) is 0 Å². The first kappa shape index (κ1) is 18.4. The van der Waals surface area contributed by atoms with Gasteiger partial charge in [0.15, 0.2) is 0 Å².